The van der Waals surface area contributed by atoms with Gasteiger partial charge in [-0.3, -0.25) is 10.1 Å². The summed E-state index contributed by atoms with van der Waals surface area (Å²) in [6.45, 7) is 0. The van der Waals surface area contributed by atoms with Crippen LogP contribution in [0.1, 0.15) is 0 Å². The highest BCUT2D eigenvalue weighted by atomic mass is 16.6. The molecule has 0 fully saturated rings. The molecule has 0 radical (unpaired) electrons. The Morgan fingerprint density at radius 2 is 2.05 bits per heavy atom. The average Bonchev–Trinajstić information content (AvgIpc) is 3.08. The Morgan fingerprint density at radius 3 is 2.86 bits per heavy atom. The molecular formula is C16H12N4O2. The third-order valence-electron chi connectivity index (χ3n) is 3.91. The van der Waals surface area contributed by atoms with Crippen molar-refractivity contribution in [2.45, 2.75) is 0 Å². The van der Waals surface area contributed by atoms with E-state index in [0.29, 0.717) is 5.52 Å². The molecule has 1 N–H and O–H groups in total. The normalized spacial score (nSPS) is 11.3. The summed E-state index contributed by atoms with van der Waals surface area (Å²) >= 11 is 0. The fraction of sp³-hybridized carbons (Fsp3) is 0.0625. The van der Waals surface area contributed by atoms with Crippen LogP contribution in [0.4, 0.5) is 5.69 Å². The number of nitrogens with zero attached hydrogens (tertiary/aromatic N) is 3. The van der Waals surface area contributed by atoms with Crippen LogP contribution in [0.15, 0.2) is 48.7 Å². The van der Waals surface area contributed by atoms with Crippen LogP contribution in [0.25, 0.3) is 33.3 Å². The van der Waals surface area contributed by atoms with Crippen LogP contribution in [0.5, 0.6) is 0 Å². The van der Waals surface area contributed by atoms with Crippen molar-refractivity contribution in [2.24, 2.45) is 7.05 Å². The Kier molecular flexibility index (Phi) is 2.53. The predicted molar refractivity (Wildman–Crippen MR) is 84.7 cm³/mol. The maximum Gasteiger partial charge on any atom is 0.271 e. The third kappa shape index (κ3) is 1.70. The lowest BCUT2D eigenvalue weighted by molar-refractivity contribution is -0.384. The van der Waals surface area contributed by atoms with Crippen LogP contribution in [0.3, 0.4) is 0 Å². The average molecular weight is 292 g/mol. The molecule has 2 aromatic carbocycles. The van der Waals surface area contributed by atoms with Gasteiger partial charge in [-0.25, -0.2) is 4.98 Å². The number of benzene rings is 2. The maximum absolute atomic E-state index is 10.9. The summed E-state index contributed by atoms with van der Waals surface area (Å²) in [7, 11) is 1.91. The Labute approximate surface area is 125 Å². The predicted octanol–water partition coefficient (Wildman–Crippen LogP) is 3.63. The van der Waals surface area contributed by atoms with E-state index in [2.05, 4.69) is 9.97 Å². The van der Waals surface area contributed by atoms with Gasteiger partial charge in [-0.05, 0) is 12.1 Å². The molecule has 0 saturated heterocycles. The summed E-state index contributed by atoms with van der Waals surface area (Å²) in [6, 6.07) is 12.7. The minimum absolute atomic E-state index is 0.0519. The zero-order chi connectivity index (χ0) is 15.3. The van der Waals surface area contributed by atoms with Crippen molar-refractivity contribution >= 4 is 27.6 Å². The summed E-state index contributed by atoms with van der Waals surface area (Å²) in [5.74, 6) is 0.785. The van der Waals surface area contributed by atoms with Crippen LogP contribution in [0, 0.1) is 10.1 Å². The molecule has 6 nitrogen and oxygen atoms in total. The van der Waals surface area contributed by atoms with E-state index in [4.69, 9.17) is 0 Å². The molecule has 0 atom stereocenters. The highest BCUT2D eigenvalue weighted by Crippen LogP contribution is 2.31. The molecule has 0 saturated carbocycles. The number of imidazole rings is 1. The van der Waals surface area contributed by atoms with E-state index < -0.39 is 4.92 Å². The first-order valence-electron chi connectivity index (χ1n) is 6.82. The van der Waals surface area contributed by atoms with Gasteiger partial charge in [0.1, 0.15) is 5.82 Å². The summed E-state index contributed by atoms with van der Waals surface area (Å²) in [5.41, 5.74) is 3.56. The van der Waals surface area contributed by atoms with E-state index in [1.54, 1.807) is 6.07 Å². The van der Waals surface area contributed by atoms with Crippen molar-refractivity contribution in [2.75, 3.05) is 0 Å². The molecule has 0 aliphatic carbocycles. The minimum Gasteiger partial charge on any atom is -0.360 e. The van der Waals surface area contributed by atoms with E-state index in [0.717, 1.165) is 27.8 Å². The fourth-order valence-electron chi connectivity index (χ4n) is 2.80. The van der Waals surface area contributed by atoms with E-state index >= 15 is 0 Å². The Hall–Kier alpha value is -3.15. The molecular weight excluding hydrogens is 280 g/mol. The lowest BCUT2D eigenvalue weighted by Gasteiger charge is -2.00. The summed E-state index contributed by atoms with van der Waals surface area (Å²) in [5, 5.41) is 12.0. The molecule has 2 heterocycles. The first kappa shape index (κ1) is 12.6. The van der Waals surface area contributed by atoms with E-state index in [9.17, 15) is 10.1 Å². The van der Waals surface area contributed by atoms with Crippen molar-refractivity contribution in [3.8, 4) is 11.4 Å². The number of nitro groups is 1. The van der Waals surface area contributed by atoms with Crippen LogP contribution in [-0.2, 0) is 7.05 Å². The van der Waals surface area contributed by atoms with E-state index in [1.807, 2.05) is 42.1 Å². The van der Waals surface area contributed by atoms with Crippen molar-refractivity contribution < 1.29 is 4.92 Å². The van der Waals surface area contributed by atoms with Gasteiger partial charge in [-0.15, -0.1) is 0 Å². The van der Waals surface area contributed by atoms with E-state index in [1.165, 1.54) is 12.1 Å². The van der Waals surface area contributed by atoms with Crippen molar-refractivity contribution in [3.63, 3.8) is 0 Å². The smallest absolute Gasteiger partial charge is 0.271 e. The minimum atomic E-state index is -0.403. The van der Waals surface area contributed by atoms with Crippen LogP contribution in [-0.4, -0.2) is 19.5 Å². The number of hydrogen-bond acceptors (Lipinski definition) is 3. The van der Waals surface area contributed by atoms with Crippen molar-refractivity contribution in [3.05, 3.63) is 58.8 Å². The van der Waals surface area contributed by atoms with Gasteiger partial charge in [0.25, 0.3) is 5.69 Å². The van der Waals surface area contributed by atoms with Crippen molar-refractivity contribution in [1.82, 2.24) is 14.5 Å². The molecule has 22 heavy (non-hydrogen) atoms. The van der Waals surface area contributed by atoms with Gasteiger partial charge in [-0.1, -0.05) is 18.2 Å². The number of nitro benzene ring substituents is 1. The lowest BCUT2D eigenvalue weighted by atomic mass is 10.1. The molecule has 108 valence electrons. The third-order valence-corrected chi connectivity index (χ3v) is 3.91. The molecule has 0 aliphatic heterocycles. The highest BCUT2D eigenvalue weighted by molar-refractivity contribution is 5.96. The topological polar surface area (TPSA) is 76.8 Å². The molecule has 0 bridgehead atoms. The Morgan fingerprint density at radius 1 is 1.23 bits per heavy atom. The zero-order valence-corrected chi connectivity index (χ0v) is 11.8. The van der Waals surface area contributed by atoms with Gasteiger partial charge in [0.15, 0.2) is 0 Å². The van der Waals surface area contributed by atoms with Gasteiger partial charge < -0.3 is 9.55 Å². The van der Waals surface area contributed by atoms with Crippen LogP contribution >= 0.6 is 0 Å². The van der Waals surface area contributed by atoms with Gasteiger partial charge in [0.05, 0.1) is 16.0 Å². The van der Waals surface area contributed by atoms with Crippen LogP contribution < -0.4 is 0 Å². The summed E-state index contributed by atoms with van der Waals surface area (Å²) in [4.78, 5) is 18.3. The molecule has 6 heteroatoms. The first-order valence-corrected chi connectivity index (χ1v) is 6.82. The summed E-state index contributed by atoms with van der Waals surface area (Å²) < 4.78 is 1.95. The first-order chi connectivity index (χ1) is 10.6. The number of non-ortho nitro benzene ring substituents is 1. The highest BCUT2D eigenvalue weighted by Gasteiger charge is 2.16. The van der Waals surface area contributed by atoms with Gasteiger partial charge >= 0.3 is 0 Å². The number of nitrogens with one attached hydrogen (secondary N) is 1. The SMILES string of the molecule is Cn1c(-c2c[nH]c3ccccc23)nc2cc([N+](=O)[O-])ccc21. The monoisotopic (exact) mass is 292 g/mol. The quantitative estimate of drug-likeness (QED) is 0.452. The molecule has 4 rings (SSSR count). The fourth-order valence-corrected chi connectivity index (χ4v) is 2.80. The molecule has 0 spiro atoms. The zero-order valence-electron chi connectivity index (χ0n) is 11.8. The molecule has 0 aliphatic rings. The van der Waals surface area contributed by atoms with Gasteiger partial charge in [-0.2, -0.15) is 0 Å². The molecule has 0 amide bonds. The van der Waals surface area contributed by atoms with Gasteiger partial charge in [0, 0.05) is 41.8 Å². The second kappa shape index (κ2) is 4.42. The number of aromatic amines is 1. The molecule has 2 aromatic heterocycles. The number of aryl methyl sites for hydroxylation is 1. The molecule has 4 aromatic rings. The maximum atomic E-state index is 10.9. The van der Waals surface area contributed by atoms with Gasteiger partial charge in [0.2, 0.25) is 0 Å². The number of para-hydroxylation sites is 1. The standard InChI is InChI=1S/C16H12N4O2/c1-19-15-7-6-10(20(21)22)8-14(15)18-16(19)12-9-17-13-5-3-2-4-11(12)13/h2-9,17H,1H3. The van der Waals surface area contributed by atoms with E-state index in [-0.39, 0.29) is 5.69 Å². The number of fused-ring (bicyclic) bond motifs is 2. The number of rotatable bonds is 2. The Bertz CT molecular complexity index is 1030. The Balaban J connectivity index is 1.99. The second-order valence-electron chi connectivity index (χ2n) is 5.17. The van der Waals surface area contributed by atoms with Crippen LogP contribution in [0.2, 0.25) is 0 Å². The lowest BCUT2D eigenvalue weighted by Crippen LogP contribution is -1.92. The molecule has 0 unspecified atom stereocenters. The van der Waals surface area contributed by atoms with Crippen molar-refractivity contribution in [1.29, 1.82) is 0 Å². The number of H-pyrrole nitrogens is 1. The number of aromatic nitrogens is 3. The number of hydrogen-bond donors (Lipinski definition) is 1. The summed E-state index contributed by atoms with van der Waals surface area (Å²) in [6.07, 6.45) is 1.92. The second-order valence-corrected chi connectivity index (χ2v) is 5.17. The largest absolute Gasteiger partial charge is 0.360 e.